The summed E-state index contributed by atoms with van der Waals surface area (Å²) in [5.41, 5.74) is 3.37. The van der Waals surface area contributed by atoms with Crippen LogP contribution in [0.4, 0.5) is 8.78 Å². The van der Waals surface area contributed by atoms with Crippen molar-refractivity contribution in [3.8, 4) is 0 Å². The fourth-order valence-electron chi connectivity index (χ4n) is 3.45. The molecule has 1 fully saturated rings. The third-order valence-electron chi connectivity index (χ3n) is 5.02. The van der Waals surface area contributed by atoms with Gasteiger partial charge in [0.25, 0.3) is 0 Å². The molecule has 0 saturated carbocycles. The number of H-pyrrole nitrogens is 1. The number of aliphatic hydroxyl groups excluding tert-OH is 1. The van der Waals surface area contributed by atoms with Crippen LogP contribution < -0.4 is 0 Å². The zero-order valence-corrected chi connectivity index (χ0v) is 14.0. The predicted molar refractivity (Wildman–Crippen MR) is 87.4 cm³/mol. The van der Waals surface area contributed by atoms with E-state index >= 15 is 0 Å². The molecule has 1 saturated heterocycles. The number of nitrogens with zero attached hydrogens (tertiary/aromatic N) is 2. The van der Waals surface area contributed by atoms with Crippen molar-refractivity contribution in [2.24, 2.45) is 5.92 Å². The van der Waals surface area contributed by atoms with Crippen molar-refractivity contribution in [1.82, 2.24) is 15.1 Å². The van der Waals surface area contributed by atoms with E-state index in [0.717, 1.165) is 62.1 Å². The molecule has 1 aliphatic heterocycles. The largest absolute Gasteiger partial charge is 0.388 e. The van der Waals surface area contributed by atoms with Gasteiger partial charge in [0.1, 0.15) is 11.6 Å². The second-order valence-corrected chi connectivity index (χ2v) is 6.64. The first-order chi connectivity index (χ1) is 11.5. The lowest BCUT2D eigenvalue weighted by molar-refractivity contribution is 0.0541. The van der Waals surface area contributed by atoms with Crippen LogP contribution >= 0.6 is 0 Å². The first kappa shape index (κ1) is 17.0. The molecule has 0 aliphatic carbocycles. The van der Waals surface area contributed by atoms with Gasteiger partial charge in [-0.3, -0.25) is 10.00 Å². The van der Waals surface area contributed by atoms with Crippen LogP contribution in [0.15, 0.2) is 18.2 Å². The van der Waals surface area contributed by atoms with Gasteiger partial charge in [-0.15, -0.1) is 0 Å². The quantitative estimate of drug-likeness (QED) is 0.902. The second-order valence-electron chi connectivity index (χ2n) is 6.64. The van der Waals surface area contributed by atoms with Crippen molar-refractivity contribution in [3.63, 3.8) is 0 Å². The molecule has 2 heterocycles. The van der Waals surface area contributed by atoms with E-state index in [2.05, 4.69) is 15.1 Å². The third kappa shape index (κ3) is 3.49. The number of nitrogens with one attached hydrogen (secondary N) is 1. The van der Waals surface area contributed by atoms with Crippen LogP contribution in [0.3, 0.4) is 0 Å². The van der Waals surface area contributed by atoms with Crippen LogP contribution in [-0.2, 0) is 6.54 Å². The van der Waals surface area contributed by atoms with E-state index in [9.17, 15) is 13.9 Å². The third-order valence-corrected chi connectivity index (χ3v) is 5.02. The number of likely N-dealkylation sites (tertiary alicyclic amines) is 1. The number of hydrogen-bond acceptors (Lipinski definition) is 3. The molecule has 1 atom stereocenters. The van der Waals surface area contributed by atoms with Crippen LogP contribution in [0, 0.1) is 31.4 Å². The molecular weight excluding hydrogens is 312 g/mol. The van der Waals surface area contributed by atoms with Crippen LogP contribution in [-0.4, -0.2) is 33.3 Å². The molecule has 1 unspecified atom stereocenters. The van der Waals surface area contributed by atoms with Gasteiger partial charge in [0.15, 0.2) is 0 Å². The van der Waals surface area contributed by atoms with Crippen molar-refractivity contribution < 1.29 is 13.9 Å². The lowest BCUT2D eigenvalue weighted by Crippen LogP contribution is -2.35. The van der Waals surface area contributed by atoms with Crippen LogP contribution in [0.5, 0.6) is 0 Å². The van der Waals surface area contributed by atoms with E-state index in [0.29, 0.717) is 0 Å². The Bertz CT molecular complexity index is 689. The normalized spacial score (nSPS) is 18.0. The number of aryl methyl sites for hydroxylation is 2. The number of piperidine rings is 1. The summed E-state index contributed by atoms with van der Waals surface area (Å²) < 4.78 is 27.2. The van der Waals surface area contributed by atoms with Gasteiger partial charge in [-0.2, -0.15) is 5.10 Å². The maximum atomic E-state index is 13.8. The Balaban J connectivity index is 1.61. The van der Waals surface area contributed by atoms with E-state index in [-0.39, 0.29) is 11.5 Å². The average Bonchev–Trinajstić information content (AvgIpc) is 2.89. The van der Waals surface area contributed by atoms with E-state index < -0.39 is 17.7 Å². The topological polar surface area (TPSA) is 52.2 Å². The highest BCUT2D eigenvalue weighted by Crippen LogP contribution is 2.33. The summed E-state index contributed by atoms with van der Waals surface area (Å²) in [4.78, 5) is 2.32. The van der Waals surface area contributed by atoms with E-state index in [4.69, 9.17) is 0 Å². The van der Waals surface area contributed by atoms with Crippen molar-refractivity contribution in [2.45, 2.75) is 39.3 Å². The predicted octanol–water partition coefficient (Wildman–Crippen LogP) is 3.25. The summed E-state index contributed by atoms with van der Waals surface area (Å²) in [7, 11) is 0. The fourth-order valence-corrected chi connectivity index (χ4v) is 3.45. The van der Waals surface area contributed by atoms with Gasteiger partial charge in [0.05, 0.1) is 11.8 Å². The van der Waals surface area contributed by atoms with Crippen molar-refractivity contribution in [2.75, 3.05) is 13.1 Å². The molecule has 4 nitrogen and oxygen atoms in total. The Hall–Kier alpha value is -1.79. The van der Waals surface area contributed by atoms with Gasteiger partial charge in [-0.05, 0) is 63.9 Å². The van der Waals surface area contributed by atoms with Gasteiger partial charge < -0.3 is 5.11 Å². The molecule has 6 heteroatoms. The molecule has 1 aliphatic rings. The maximum Gasteiger partial charge on any atom is 0.129 e. The molecule has 0 bridgehead atoms. The van der Waals surface area contributed by atoms with E-state index in [1.807, 2.05) is 13.8 Å². The molecule has 24 heavy (non-hydrogen) atoms. The van der Waals surface area contributed by atoms with Crippen LogP contribution in [0.1, 0.15) is 41.5 Å². The number of benzene rings is 1. The monoisotopic (exact) mass is 335 g/mol. The van der Waals surface area contributed by atoms with Crippen molar-refractivity contribution >= 4 is 0 Å². The Morgan fingerprint density at radius 1 is 1.29 bits per heavy atom. The molecule has 0 spiro atoms. The molecule has 130 valence electrons. The minimum absolute atomic E-state index is 0.0518. The zero-order chi connectivity index (χ0) is 17.3. The van der Waals surface area contributed by atoms with Gasteiger partial charge in [-0.1, -0.05) is 0 Å². The van der Waals surface area contributed by atoms with E-state index in [1.54, 1.807) is 0 Å². The number of aromatic nitrogens is 2. The molecular formula is C18H23F2N3O. The summed E-state index contributed by atoms with van der Waals surface area (Å²) >= 11 is 0. The van der Waals surface area contributed by atoms with Gasteiger partial charge >= 0.3 is 0 Å². The number of aromatic amines is 1. The maximum absolute atomic E-state index is 13.8. The molecule has 1 aromatic heterocycles. The highest BCUT2D eigenvalue weighted by molar-refractivity contribution is 5.23. The molecule has 0 radical (unpaired) electrons. The molecule has 2 aromatic rings. The number of halogens is 2. The summed E-state index contributed by atoms with van der Waals surface area (Å²) in [5, 5.41) is 17.6. The highest BCUT2D eigenvalue weighted by atomic mass is 19.1. The number of rotatable bonds is 4. The lowest BCUT2D eigenvalue weighted by atomic mass is 9.87. The lowest BCUT2D eigenvalue weighted by Gasteiger charge is -2.34. The van der Waals surface area contributed by atoms with Gasteiger partial charge in [0.2, 0.25) is 0 Å². The standard InChI is InChI=1S/C18H23F2N3O/c1-11-16(12(2)22-21-11)10-23-7-5-13(6-8-23)18(24)15-9-14(19)3-4-17(15)20/h3-4,9,13,18,24H,5-8,10H2,1-2H3,(H,21,22). The summed E-state index contributed by atoms with van der Waals surface area (Å²) in [6.45, 7) is 6.47. The zero-order valence-electron chi connectivity index (χ0n) is 14.0. The SMILES string of the molecule is Cc1n[nH]c(C)c1CN1CCC(C(O)c2cc(F)ccc2F)CC1. The minimum Gasteiger partial charge on any atom is -0.388 e. The summed E-state index contributed by atoms with van der Waals surface area (Å²) in [6, 6.07) is 3.25. The molecule has 0 amide bonds. The molecule has 1 aromatic carbocycles. The minimum atomic E-state index is -0.958. The second kappa shape index (κ2) is 6.99. The van der Waals surface area contributed by atoms with Crippen molar-refractivity contribution in [1.29, 1.82) is 0 Å². The van der Waals surface area contributed by atoms with E-state index in [1.165, 1.54) is 5.56 Å². The highest BCUT2D eigenvalue weighted by Gasteiger charge is 2.28. The van der Waals surface area contributed by atoms with Crippen molar-refractivity contribution in [3.05, 3.63) is 52.3 Å². The number of aliphatic hydroxyl groups is 1. The molecule has 2 N–H and O–H groups in total. The smallest absolute Gasteiger partial charge is 0.129 e. The van der Waals surface area contributed by atoms with Gasteiger partial charge in [-0.25, -0.2) is 8.78 Å². The Kier molecular flexibility index (Phi) is 4.96. The Morgan fingerprint density at radius 3 is 2.62 bits per heavy atom. The summed E-state index contributed by atoms with van der Waals surface area (Å²) in [6.07, 6.45) is 0.556. The van der Waals surface area contributed by atoms with Gasteiger partial charge in [0, 0.05) is 23.4 Å². The Labute approximate surface area is 140 Å². The van der Waals surface area contributed by atoms with Crippen LogP contribution in [0.2, 0.25) is 0 Å². The van der Waals surface area contributed by atoms with Crippen LogP contribution in [0.25, 0.3) is 0 Å². The first-order valence-electron chi connectivity index (χ1n) is 8.31. The Morgan fingerprint density at radius 2 is 2.00 bits per heavy atom. The average molecular weight is 335 g/mol. The fraction of sp³-hybridized carbons (Fsp3) is 0.500. The first-order valence-corrected chi connectivity index (χ1v) is 8.31. The molecule has 3 rings (SSSR count). The summed E-state index contributed by atoms with van der Waals surface area (Å²) in [5.74, 6) is -1.12. The number of hydrogen-bond donors (Lipinski definition) is 2.